The number of cyclic esters (lactones) is 1. The minimum absolute atomic E-state index is 0.0601. The summed E-state index contributed by atoms with van der Waals surface area (Å²) in [6.45, 7) is 16.0. The van der Waals surface area contributed by atoms with Crippen LogP contribution in [0.5, 0.6) is 0 Å². The molecule has 9 heteroatoms. The van der Waals surface area contributed by atoms with Gasteiger partial charge in [-0.05, 0) is 87.1 Å². The van der Waals surface area contributed by atoms with E-state index < -0.39 is 47.3 Å². The number of rotatable bonds is 7. The number of hydrogen-bond acceptors (Lipinski definition) is 9. The van der Waals surface area contributed by atoms with Gasteiger partial charge in [0.05, 0.1) is 11.7 Å². The molecule has 0 aromatic carbocycles. The Bertz CT molecular complexity index is 792. The smallest absolute Gasteiger partial charge is 0.316 e. The van der Waals surface area contributed by atoms with Crippen molar-refractivity contribution in [3.63, 3.8) is 0 Å². The summed E-state index contributed by atoms with van der Waals surface area (Å²) < 4.78 is 12.4. The Labute approximate surface area is 230 Å². The molecule has 222 valence electrons. The number of hydrogen-bond donors (Lipinski definition) is 3. The van der Waals surface area contributed by atoms with Crippen LogP contribution >= 0.6 is 0 Å². The summed E-state index contributed by atoms with van der Waals surface area (Å²) in [5.74, 6) is -2.20. The number of nitrogens with zero attached hydrogens (tertiary/aromatic N) is 2. The summed E-state index contributed by atoms with van der Waals surface area (Å²) >= 11 is 0. The van der Waals surface area contributed by atoms with Crippen LogP contribution in [0, 0.1) is 23.7 Å². The molecule has 38 heavy (non-hydrogen) atoms. The van der Waals surface area contributed by atoms with Crippen molar-refractivity contribution in [3.05, 3.63) is 0 Å². The first-order chi connectivity index (χ1) is 17.6. The quantitative estimate of drug-likeness (QED) is 0.253. The number of esters is 1. The molecule has 0 radical (unpaired) electrons. The fourth-order valence-corrected chi connectivity index (χ4v) is 6.19. The van der Waals surface area contributed by atoms with Gasteiger partial charge in [0.15, 0.2) is 0 Å². The number of carbonyl (C=O) groups excluding carboxylic acids is 2. The summed E-state index contributed by atoms with van der Waals surface area (Å²) in [4.78, 5) is 30.7. The van der Waals surface area contributed by atoms with Crippen molar-refractivity contribution in [2.75, 3.05) is 47.3 Å². The van der Waals surface area contributed by atoms with Crippen molar-refractivity contribution in [1.82, 2.24) is 15.1 Å². The van der Waals surface area contributed by atoms with Crippen molar-refractivity contribution in [2.24, 2.45) is 23.7 Å². The molecule has 2 fully saturated rings. The van der Waals surface area contributed by atoms with Crippen LogP contribution in [0.4, 0.5) is 0 Å². The number of fused-ring (bicyclic) bond motifs is 2. The zero-order chi connectivity index (χ0) is 29.0. The highest BCUT2D eigenvalue weighted by molar-refractivity contribution is 5.99. The molecule has 2 saturated heterocycles. The largest absolute Gasteiger partial charge is 0.459 e. The van der Waals surface area contributed by atoms with Gasteiger partial charge in [0.2, 0.25) is 0 Å². The topological polar surface area (TPSA) is 112 Å². The molecular weight excluding hydrogens is 486 g/mol. The molecule has 2 bridgehead atoms. The number of ether oxygens (including phenoxy) is 2. The maximum Gasteiger partial charge on any atom is 0.316 e. The number of carbonyl (C=O) groups is 2. The van der Waals surface area contributed by atoms with Gasteiger partial charge in [-0.15, -0.1) is 0 Å². The predicted molar refractivity (Wildman–Crippen MR) is 149 cm³/mol. The molecule has 2 aliphatic heterocycles. The Balaban J connectivity index is 2.38. The van der Waals surface area contributed by atoms with Crippen LogP contribution in [-0.4, -0.2) is 115 Å². The van der Waals surface area contributed by atoms with Crippen molar-refractivity contribution < 1.29 is 29.3 Å². The van der Waals surface area contributed by atoms with E-state index in [-0.39, 0.29) is 23.7 Å². The summed E-state index contributed by atoms with van der Waals surface area (Å²) in [6, 6.07) is -0.404. The fourth-order valence-electron chi connectivity index (χ4n) is 6.19. The molecule has 10 atom stereocenters. The SMILES string of the molecule is CC[C@H]1OC(=O)[C@H](C)C(=O)[C@H](C)[C@@H](C)[C@@]2(C)C[C@H](CN(C)[C@H](C)[C@@H](O)[C@]1(C)O)C(CNCCCN(C)C)O2. The first-order valence-corrected chi connectivity index (χ1v) is 14.4. The van der Waals surface area contributed by atoms with Gasteiger partial charge in [-0.25, -0.2) is 0 Å². The second-order valence-corrected chi connectivity index (χ2v) is 12.7. The minimum Gasteiger partial charge on any atom is -0.459 e. The van der Waals surface area contributed by atoms with Crippen LogP contribution in [0.2, 0.25) is 0 Å². The molecule has 0 saturated carbocycles. The van der Waals surface area contributed by atoms with Crippen molar-refractivity contribution >= 4 is 11.8 Å². The lowest BCUT2D eigenvalue weighted by atomic mass is 9.74. The summed E-state index contributed by atoms with van der Waals surface area (Å²) in [5.41, 5.74) is -2.23. The molecule has 0 spiro atoms. The standard InChI is InChI=1S/C29H55N3O6/c1-11-24-29(7,36)26(34)21(5)32(10)17-22-15-28(6,38-23(22)16-30-13-12-14-31(8)9)20(4)18(2)25(33)19(3)27(35)37-24/h18-24,26,30,34,36H,11-17H2,1-10H3/t18-,19-,20-,21-,22-,23?,24-,26-,28-,29-/m1/s1. The number of Topliss-reactive ketones (excluding diaryl/α,β-unsaturated/α-hetero) is 1. The summed E-state index contributed by atoms with van der Waals surface area (Å²) in [6.07, 6.45) is -0.0599. The third-order valence-corrected chi connectivity index (χ3v) is 9.42. The van der Waals surface area contributed by atoms with Crippen molar-refractivity contribution in [3.8, 4) is 0 Å². The monoisotopic (exact) mass is 541 g/mol. The fraction of sp³-hybridized carbons (Fsp3) is 0.931. The van der Waals surface area contributed by atoms with E-state index >= 15 is 0 Å². The average Bonchev–Trinajstić information content (AvgIpc) is 3.18. The molecule has 2 aliphatic rings. The highest BCUT2D eigenvalue weighted by Crippen LogP contribution is 2.44. The first-order valence-electron chi connectivity index (χ1n) is 14.4. The lowest BCUT2D eigenvalue weighted by Crippen LogP contribution is -2.59. The molecule has 2 rings (SSSR count). The molecule has 0 aliphatic carbocycles. The van der Waals surface area contributed by atoms with Crippen LogP contribution in [0.3, 0.4) is 0 Å². The van der Waals surface area contributed by atoms with Crippen molar-refractivity contribution in [1.29, 1.82) is 0 Å². The Hall–Kier alpha value is -1.10. The minimum atomic E-state index is -1.69. The van der Waals surface area contributed by atoms with Gasteiger partial charge in [0, 0.05) is 31.0 Å². The molecule has 2 heterocycles. The second kappa shape index (κ2) is 13.5. The van der Waals surface area contributed by atoms with E-state index in [9.17, 15) is 19.8 Å². The summed E-state index contributed by atoms with van der Waals surface area (Å²) in [7, 11) is 6.08. The van der Waals surface area contributed by atoms with Gasteiger partial charge in [-0.2, -0.15) is 0 Å². The van der Waals surface area contributed by atoms with Gasteiger partial charge < -0.3 is 34.8 Å². The lowest BCUT2D eigenvalue weighted by Gasteiger charge is -2.42. The maximum atomic E-state index is 13.4. The molecule has 1 unspecified atom stereocenters. The average molecular weight is 542 g/mol. The van der Waals surface area contributed by atoms with Gasteiger partial charge in [0.1, 0.15) is 29.5 Å². The van der Waals surface area contributed by atoms with Gasteiger partial charge in [-0.3, -0.25) is 9.59 Å². The predicted octanol–water partition coefficient (Wildman–Crippen LogP) is 1.94. The van der Waals surface area contributed by atoms with Crippen LogP contribution in [-0.2, 0) is 19.1 Å². The third kappa shape index (κ3) is 7.55. The van der Waals surface area contributed by atoms with Gasteiger partial charge >= 0.3 is 5.97 Å². The van der Waals surface area contributed by atoms with E-state index in [0.717, 1.165) is 25.9 Å². The summed E-state index contributed by atoms with van der Waals surface area (Å²) in [5, 5.41) is 26.2. The van der Waals surface area contributed by atoms with Crippen LogP contribution in [0.1, 0.15) is 67.7 Å². The molecule has 0 aromatic rings. The molecule has 0 amide bonds. The van der Waals surface area contributed by atoms with E-state index in [1.54, 1.807) is 13.8 Å². The maximum absolute atomic E-state index is 13.4. The molecular formula is C29H55N3O6. The van der Waals surface area contributed by atoms with Gasteiger partial charge in [0.25, 0.3) is 0 Å². The number of aliphatic hydroxyl groups excluding tert-OH is 1. The normalized spacial score (nSPS) is 42.1. The number of ketones is 1. The van der Waals surface area contributed by atoms with E-state index in [1.165, 1.54) is 6.92 Å². The molecule has 9 nitrogen and oxygen atoms in total. The third-order valence-electron chi connectivity index (χ3n) is 9.42. The van der Waals surface area contributed by atoms with E-state index in [0.29, 0.717) is 19.5 Å². The number of aliphatic hydroxyl groups is 2. The first kappa shape index (κ1) is 33.1. The molecule has 0 aromatic heterocycles. The zero-order valence-corrected chi connectivity index (χ0v) is 25.5. The van der Waals surface area contributed by atoms with Crippen LogP contribution in [0.25, 0.3) is 0 Å². The van der Waals surface area contributed by atoms with E-state index in [1.807, 2.05) is 27.8 Å². The Morgan fingerprint density at radius 2 is 1.79 bits per heavy atom. The van der Waals surface area contributed by atoms with Crippen molar-refractivity contribution in [2.45, 2.75) is 103 Å². The molecule has 3 N–H and O–H groups in total. The second-order valence-electron chi connectivity index (χ2n) is 12.7. The van der Waals surface area contributed by atoms with Crippen LogP contribution in [0.15, 0.2) is 0 Å². The zero-order valence-electron chi connectivity index (χ0n) is 25.5. The Morgan fingerprint density at radius 3 is 2.37 bits per heavy atom. The van der Waals surface area contributed by atoms with Crippen LogP contribution < -0.4 is 5.32 Å². The van der Waals surface area contributed by atoms with E-state index in [4.69, 9.17) is 9.47 Å². The lowest BCUT2D eigenvalue weighted by molar-refractivity contribution is -0.190. The highest BCUT2D eigenvalue weighted by Gasteiger charge is 2.51. The highest BCUT2D eigenvalue weighted by atomic mass is 16.6. The van der Waals surface area contributed by atoms with Gasteiger partial charge in [-0.1, -0.05) is 20.8 Å². The van der Waals surface area contributed by atoms with E-state index in [2.05, 4.69) is 36.1 Å². The number of nitrogens with one attached hydrogen (secondary N) is 1. The number of likely N-dealkylation sites (N-methyl/N-ethyl adjacent to an activating group) is 1. The Kier molecular flexibility index (Phi) is 11.8. The Morgan fingerprint density at radius 1 is 1.16 bits per heavy atom.